The van der Waals surface area contributed by atoms with Crippen LogP contribution in [0.3, 0.4) is 0 Å². The molecule has 1 amide bonds. The fourth-order valence-electron chi connectivity index (χ4n) is 1.85. The first-order valence-electron chi connectivity index (χ1n) is 6.58. The second-order valence-corrected chi connectivity index (χ2v) is 5.52. The lowest BCUT2D eigenvalue weighted by atomic mass is 10.2. The standard InChI is InChI=1S/C17H15Cl2NO2/c1-11-9-15(16(22-2)10-14(11)19)20-17(21)8-5-12-3-6-13(18)7-4-12/h3-10H,1-2H3,(H,20,21)/b8-5+. The number of aryl methyl sites for hydroxylation is 1. The number of amides is 1. The van der Waals surface area contributed by atoms with Gasteiger partial charge in [0.2, 0.25) is 5.91 Å². The largest absolute Gasteiger partial charge is 0.495 e. The smallest absolute Gasteiger partial charge is 0.248 e. The lowest BCUT2D eigenvalue weighted by molar-refractivity contribution is -0.111. The first-order chi connectivity index (χ1) is 10.5. The number of anilines is 1. The number of carbonyl (C=O) groups excluding carboxylic acids is 1. The predicted octanol–water partition coefficient (Wildman–Crippen LogP) is 4.96. The van der Waals surface area contributed by atoms with Crippen LogP contribution < -0.4 is 10.1 Å². The third-order valence-electron chi connectivity index (χ3n) is 3.04. The predicted molar refractivity (Wildman–Crippen MR) is 91.9 cm³/mol. The number of benzene rings is 2. The van der Waals surface area contributed by atoms with Crippen molar-refractivity contribution in [2.75, 3.05) is 12.4 Å². The molecular weight excluding hydrogens is 321 g/mol. The quantitative estimate of drug-likeness (QED) is 0.801. The summed E-state index contributed by atoms with van der Waals surface area (Å²) in [5.74, 6) is 0.263. The van der Waals surface area contributed by atoms with Crippen molar-refractivity contribution in [3.63, 3.8) is 0 Å². The first kappa shape index (κ1) is 16.4. The molecule has 0 radical (unpaired) electrons. The first-order valence-corrected chi connectivity index (χ1v) is 7.34. The fourth-order valence-corrected chi connectivity index (χ4v) is 2.13. The maximum absolute atomic E-state index is 12.0. The molecule has 0 heterocycles. The van der Waals surface area contributed by atoms with Crippen LogP contribution in [0.25, 0.3) is 6.08 Å². The zero-order chi connectivity index (χ0) is 16.1. The molecule has 0 bridgehead atoms. The van der Waals surface area contributed by atoms with Gasteiger partial charge in [0, 0.05) is 22.2 Å². The van der Waals surface area contributed by atoms with Gasteiger partial charge in [-0.15, -0.1) is 0 Å². The Balaban J connectivity index is 2.12. The Morgan fingerprint density at radius 3 is 2.50 bits per heavy atom. The highest BCUT2D eigenvalue weighted by atomic mass is 35.5. The molecular formula is C17H15Cl2NO2. The van der Waals surface area contributed by atoms with E-state index in [1.807, 2.05) is 19.1 Å². The molecule has 0 unspecified atom stereocenters. The number of hydrogen-bond donors (Lipinski definition) is 1. The van der Waals surface area contributed by atoms with Crippen molar-refractivity contribution in [3.05, 3.63) is 63.6 Å². The number of methoxy groups -OCH3 is 1. The monoisotopic (exact) mass is 335 g/mol. The van der Waals surface area contributed by atoms with E-state index in [-0.39, 0.29) is 5.91 Å². The number of ether oxygens (including phenoxy) is 1. The van der Waals surface area contributed by atoms with Gasteiger partial charge in [-0.3, -0.25) is 4.79 Å². The van der Waals surface area contributed by atoms with Gasteiger partial charge in [-0.25, -0.2) is 0 Å². The van der Waals surface area contributed by atoms with E-state index in [1.54, 1.807) is 30.3 Å². The molecule has 0 saturated heterocycles. The molecule has 2 aromatic carbocycles. The number of carbonyl (C=O) groups is 1. The molecule has 22 heavy (non-hydrogen) atoms. The zero-order valence-electron chi connectivity index (χ0n) is 12.2. The number of rotatable bonds is 4. The number of nitrogens with one attached hydrogen (secondary N) is 1. The summed E-state index contributed by atoms with van der Waals surface area (Å²) in [5.41, 5.74) is 2.33. The molecule has 0 saturated carbocycles. The minimum absolute atomic E-state index is 0.255. The lowest BCUT2D eigenvalue weighted by Gasteiger charge is -2.11. The minimum Gasteiger partial charge on any atom is -0.495 e. The molecule has 2 aromatic rings. The third-order valence-corrected chi connectivity index (χ3v) is 3.69. The molecule has 0 spiro atoms. The van der Waals surface area contributed by atoms with E-state index in [2.05, 4.69) is 5.32 Å². The Hall–Kier alpha value is -1.97. The maximum atomic E-state index is 12.0. The van der Waals surface area contributed by atoms with Crippen molar-refractivity contribution in [1.82, 2.24) is 0 Å². The van der Waals surface area contributed by atoms with Crippen LogP contribution >= 0.6 is 23.2 Å². The van der Waals surface area contributed by atoms with Crippen molar-refractivity contribution in [2.24, 2.45) is 0 Å². The summed E-state index contributed by atoms with van der Waals surface area (Å²) in [6.07, 6.45) is 3.16. The van der Waals surface area contributed by atoms with Crippen molar-refractivity contribution in [3.8, 4) is 5.75 Å². The van der Waals surface area contributed by atoms with E-state index in [9.17, 15) is 4.79 Å². The van der Waals surface area contributed by atoms with Gasteiger partial charge in [-0.05, 0) is 42.3 Å². The Labute approximate surface area is 139 Å². The van der Waals surface area contributed by atoms with Crippen molar-refractivity contribution >= 4 is 40.9 Å². The van der Waals surface area contributed by atoms with Crippen LogP contribution in [-0.2, 0) is 4.79 Å². The molecule has 0 atom stereocenters. The van der Waals surface area contributed by atoms with Crippen molar-refractivity contribution < 1.29 is 9.53 Å². The van der Waals surface area contributed by atoms with E-state index >= 15 is 0 Å². The van der Waals surface area contributed by atoms with Crippen LogP contribution in [-0.4, -0.2) is 13.0 Å². The molecule has 0 aromatic heterocycles. The van der Waals surface area contributed by atoms with E-state index in [0.29, 0.717) is 21.5 Å². The Bertz CT molecular complexity index is 709. The Morgan fingerprint density at radius 1 is 1.18 bits per heavy atom. The summed E-state index contributed by atoms with van der Waals surface area (Å²) < 4.78 is 5.22. The van der Waals surface area contributed by atoms with Crippen LogP contribution in [0.1, 0.15) is 11.1 Å². The minimum atomic E-state index is -0.255. The van der Waals surface area contributed by atoms with E-state index in [0.717, 1.165) is 11.1 Å². The molecule has 1 N–H and O–H groups in total. The topological polar surface area (TPSA) is 38.3 Å². The fraction of sp³-hybridized carbons (Fsp3) is 0.118. The van der Waals surface area contributed by atoms with Gasteiger partial charge in [0.05, 0.1) is 12.8 Å². The highest BCUT2D eigenvalue weighted by Crippen LogP contribution is 2.30. The molecule has 0 aliphatic carbocycles. The van der Waals surface area contributed by atoms with Gasteiger partial charge in [-0.2, -0.15) is 0 Å². The van der Waals surface area contributed by atoms with Crippen LogP contribution in [0.15, 0.2) is 42.5 Å². The summed E-state index contributed by atoms with van der Waals surface area (Å²) in [4.78, 5) is 12.0. The lowest BCUT2D eigenvalue weighted by Crippen LogP contribution is -2.09. The van der Waals surface area contributed by atoms with Crippen LogP contribution in [0.5, 0.6) is 5.75 Å². The third kappa shape index (κ3) is 4.26. The zero-order valence-corrected chi connectivity index (χ0v) is 13.7. The second-order valence-electron chi connectivity index (χ2n) is 4.68. The molecule has 0 aliphatic heterocycles. The summed E-state index contributed by atoms with van der Waals surface area (Å²) in [7, 11) is 1.53. The molecule has 0 fully saturated rings. The van der Waals surface area contributed by atoms with Crippen LogP contribution in [0, 0.1) is 6.92 Å². The highest BCUT2D eigenvalue weighted by molar-refractivity contribution is 6.31. The molecule has 0 aliphatic rings. The molecule has 5 heteroatoms. The van der Waals surface area contributed by atoms with E-state index in [4.69, 9.17) is 27.9 Å². The molecule has 3 nitrogen and oxygen atoms in total. The number of halogens is 2. The second kappa shape index (κ2) is 7.34. The van der Waals surface area contributed by atoms with Gasteiger partial charge in [0.25, 0.3) is 0 Å². The van der Waals surface area contributed by atoms with E-state index in [1.165, 1.54) is 13.2 Å². The summed E-state index contributed by atoms with van der Waals surface area (Å²) >= 11 is 11.9. The van der Waals surface area contributed by atoms with Gasteiger partial charge in [-0.1, -0.05) is 35.3 Å². The average Bonchev–Trinajstić information content (AvgIpc) is 2.50. The SMILES string of the molecule is COc1cc(Cl)c(C)cc1NC(=O)/C=C/c1ccc(Cl)cc1. The van der Waals surface area contributed by atoms with Gasteiger partial charge < -0.3 is 10.1 Å². The van der Waals surface area contributed by atoms with Gasteiger partial charge >= 0.3 is 0 Å². The summed E-state index contributed by atoms with van der Waals surface area (Å²) in [6.45, 7) is 1.86. The highest BCUT2D eigenvalue weighted by Gasteiger charge is 2.08. The van der Waals surface area contributed by atoms with Gasteiger partial charge in [0.15, 0.2) is 0 Å². The van der Waals surface area contributed by atoms with E-state index < -0.39 is 0 Å². The Kier molecular flexibility index (Phi) is 5.47. The van der Waals surface area contributed by atoms with Crippen LogP contribution in [0.2, 0.25) is 10.0 Å². The maximum Gasteiger partial charge on any atom is 0.248 e. The van der Waals surface area contributed by atoms with Crippen LogP contribution in [0.4, 0.5) is 5.69 Å². The van der Waals surface area contributed by atoms with Crippen molar-refractivity contribution in [2.45, 2.75) is 6.92 Å². The Morgan fingerprint density at radius 2 is 1.86 bits per heavy atom. The normalized spacial score (nSPS) is 10.7. The molecule has 2 rings (SSSR count). The summed E-state index contributed by atoms with van der Waals surface area (Å²) in [6, 6.07) is 10.7. The average molecular weight is 336 g/mol. The van der Waals surface area contributed by atoms with Crippen molar-refractivity contribution in [1.29, 1.82) is 0 Å². The summed E-state index contributed by atoms with van der Waals surface area (Å²) in [5, 5.41) is 4.02. The van der Waals surface area contributed by atoms with Gasteiger partial charge in [0.1, 0.15) is 5.75 Å². The number of hydrogen-bond acceptors (Lipinski definition) is 2. The molecule has 114 valence electrons.